The molecule has 0 aliphatic carbocycles. The molecule has 0 saturated carbocycles. The van der Waals surface area contributed by atoms with Crippen LogP contribution >= 0.6 is 0 Å². The second kappa shape index (κ2) is 12.3. The second-order valence-electron chi connectivity index (χ2n) is 7.28. The number of hydrogen-bond donors (Lipinski definition) is 0. The van der Waals surface area contributed by atoms with Gasteiger partial charge in [-0.1, -0.05) is 76.7 Å². The summed E-state index contributed by atoms with van der Waals surface area (Å²) in [6.45, 7) is 6.00. The summed E-state index contributed by atoms with van der Waals surface area (Å²) in [4.78, 5) is 24.1. The Hall–Kier alpha value is -1.12. The molecule has 0 unspecified atom stereocenters. The molecular weight excluding hydrogens is 300 g/mol. The number of cyclic esters (lactones) is 1. The van der Waals surface area contributed by atoms with Crippen LogP contribution in [-0.4, -0.2) is 17.9 Å². The number of hydrogen-bond acceptors (Lipinski definition) is 3. The molecule has 0 aromatic rings. The van der Waals surface area contributed by atoms with Crippen molar-refractivity contribution in [1.82, 2.24) is 0 Å². The minimum atomic E-state index is -0.417. The van der Waals surface area contributed by atoms with Gasteiger partial charge in [-0.25, -0.2) is 4.79 Å². The number of rotatable bonds is 13. The van der Waals surface area contributed by atoms with Crippen LogP contribution < -0.4 is 0 Å². The van der Waals surface area contributed by atoms with E-state index in [2.05, 4.69) is 6.92 Å². The summed E-state index contributed by atoms with van der Waals surface area (Å²) >= 11 is 0. The van der Waals surface area contributed by atoms with Crippen molar-refractivity contribution in [3.05, 3.63) is 11.1 Å². The van der Waals surface area contributed by atoms with Gasteiger partial charge >= 0.3 is 5.97 Å². The van der Waals surface area contributed by atoms with E-state index in [4.69, 9.17) is 4.74 Å². The minimum Gasteiger partial charge on any atom is -0.459 e. The van der Waals surface area contributed by atoms with E-state index in [0.717, 1.165) is 18.4 Å². The molecule has 0 spiro atoms. The largest absolute Gasteiger partial charge is 0.459 e. The minimum absolute atomic E-state index is 0.0275. The van der Waals surface area contributed by atoms with Gasteiger partial charge in [0.1, 0.15) is 11.7 Å². The van der Waals surface area contributed by atoms with Crippen molar-refractivity contribution in [3.63, 3.8) is 0 Å². The highest BCUT2D eigenvalue weighted by atomic mass is 16.5. The Kier molecular flexibility index (Phi) is 10.7. The fraction of sp³-hybridized carbons (Fsp3) is 0.810. The summed E-state index contributed by atoms with van der Waals surface area (Å²) < 4.78 is 5.18. The van der Waals surface area contributed by atoms with E-state index in [9.17, 15) is 9.59 Å². The zero-order chi connectivity index (χ0) is 17.8. The van der Waals surface area contributed by atoms with Gasteiger partial charge < -0.3 is 4.74 Å². The van der Waals surface area contributed by atoms with E-state index >= 15 is 0 Å². The first-order valence-corrected chi connectivity index (χ1v) is 10.00. The zero-order valence-electron chi connectivity index (χ0n) is 16.0. The van der Waals surface area contributed by atoms with Crippen molar-refractivity contribution in [2.24, 2.45) is 0 Å². The monoisotopic (exact) mass is 336 g/mol. The van der Waals surface area contributed by atoms with Crippen molar-refractivity contribution in [3.8, 4) is 0 Å². The first kappa shape index (κ1) is 20.9. The van der Waals surface area contributed by atoms with Gasteiger partial charge in [0.25, 0.3) is 0 Å². The van der Waals surface area contributed by atoms with Crippen LogP contribution in [0.3, 0.4) is 0 Å². The van der Waals surface area contributed by atoms with Crippen LogP contribution in [0.4, 0.5) is 0 Å². The molecule has 0 aromatic carbocycles. The normalized spacial score (nSPS) is 18.0. The maximum atomic E-state index is 12.2. The Morgan fingerprint density at radius 3 is 1.96 bits per heavy atom. The lowest BCUT2D eigenvalue weighted by molar-refractivity contribution is -0.146. The fourth-order valence-corrected chi connectivity index (χ4v) is 3.42. The lowest BCUT2D eigenvalue weighted by atomic mass is 9.95. The summed E-state index contributed by atoms with van der Waals surface area (Å²) in [6, 6.07) is 0. The highest BCUT2D eigenvalue weighted by Crippen LogP contribution is 2.23. The Morgan fingerprint density at radius 2 is 1.46 bits per heavy atom. The van der Waals surface area contributed by atoms with E-state index in [1.54, 1.807) is 0 Å². The smallest absolute Gasteiger partial charge is 0.341 e. The molecule has 1 atom stereocenters. The molecule has 0 saturated heterocycles. The van der Waals surface area contributed by atoms with Crippen LogP contribution in [-0.2, 0) is 14.3 Å². The summed E-state index contributed by atoms with van der Waals surface area (Å²) in [7, 11) is 0. The van der Waals surface area contributed by atoms with Crippen molar-refractivity contribution in [2.75, 3.05) is 0 Å². The van der Waals surface area contributed by atoms with Crippen LogP contribution in [0.5, 0.6) is 0 Å². The van der Waals surface area contributed by atoms with E-state index in [1.165, 1.54) is 57.8 Å². The molecule has 0 amide bonds. The molecule has 1 aliphatic heterocycles. The highest BCUT2D eigenvalue weighted by molar-refractivity contribution is 6.18. The number of ketones is 1. The van der Waals surface area contributed by atoms with Crippen LogP contribution in [0.25, 0.3) is 0 Å². The fourth-order valence-electron chi connectivity index (χ4n) is 3.42. The molecule has 1 aliphatic rings. The van der Waals surface area contributed by atoms with Gasteiger partial charge in [0.05, 0.1) is 0 Å². The van der Waals surface area contributed by atoms with Gasteiger partial charge in [0.15, 0.2) is 5.78 Å². The molecule has 3 heteroatoms. The number of unbranched alkanes of at least 4 members (excludes halogenated alkanes) is 10. The number of Topliss-reactive ketones (excluding diaryl/α,β-unsaturated/α-hetero) is 1. The Morgan fingerprint density at radius 1 is 0.958 bits per heavy atom. The molecule has 3 nitrogen and oxygen atoms in total. The molecule has 0 aromatic heterocycles. The third-order valence-electron chi connectivity index (χ3n) is 4.82. The van der Waals surface area contributed by atoms with E-state index in [-0.39, 0.29) is 11.9 Å². The van der Waals surface area contributed by atoms with Crippen LogP contribution in [0, 0.1) is 0 Å². The van der Waals surface area contributed by atoms with Gasteiger partial charge in [0.2, 0.25) is 0 Å². The maximum absolute atomic E-state index is 12.2. The molecule has 0 radical (unpaired) electrons. The van der Waals surface area contributed by atoms with E-state index in [0.29, 0.717) is 18.4 Å². The van der Waals surface area contributed by atoms with Crippen molar-refractivity contribution in [2.45, 2.75) is 110 Å². The summed E-state index contributed by atoms with van der Waals surface area (Å²) in [5.74, 6) is -0.445. The predicted molar refractivity (Wildman–Crippen MR) is 99.0 cm³/mol. The molecular formula is C21H36O3. The number of carbonyl (C=O) groups excluding carboxylic acids is 2. The van der Waals surface area contributed by atoms with Gasteiger partial charge in [-0.2, -0.15) is 0 Å². The number of esters is 1. The standard InChI is InChI=1S/C21H36O3/c1-4-5-6-7-8-9-10-11-12-13-14-15-19(22)20-17(2)16-18(3)24-21(20)23/h18H,4-16H2,1-3H3/t18-/m0/s1. The molecule has 0 fully saturated rings. The van der Waals surface area contributed by atoms with Crippen LogP contribution in [0.1, 0.15) is 104 Å². The quantitative estimate of drug-likeness (QED) is 0.238. The molecule has 0 N–H and O–H groups in total. The third-order valence-corrected chi connectivity index (χ3v) is 4.82. The third kappa shape index (κ3) is 8.12. The molecule has 0 bridgehead atoms. The summed E-state index contributed by atoms with van der Waals surface area (Å²) in [5.41, 5.74) is 1.21. The van der Waals surface area contributed by atoms with Crippen molar-refractivity contribution in [1.29, 1.82) is 0 Å². The Balaban J connectivity index is 2.06. The van der Waals surface area contributed by atoms with Gasteiger partial charge in [0, 0.05) is 12.8 Å². The summed E-state index contributed by atoms with van der Waals surface area (Å²) in [5, 5.41) is 0. The Labute approximate surface area is 148 Å². The molecule has 24 heavy (non-hydrogen) atoms. The van der Waals surface area contributed by atoms with Crippen LogP contribution in [0.2, 0.25) is 0 Å². The number of ether oxygens (including phenoxy) is 1. The first-order valence-electron chi connectivity index (χ1n) is 10.00. The Bertz CT molecular complexity index is 423. The summed E-state index contributed by atoms with van der Waals surface area (Å²) in [6.07, 6.45) is 15.0. The highest BCUT2D eigenvalue weighted by Gasteiger charge is 2.28. The van der Waals surface area contributed by atoms with Gasteiger partial charge in [-0.15, -0.1) is 0 Å². The van der Waals surface area contributed by atoms with Gasteiger partial charge in [-0.05, 0) is 20.3 Å². The van der Waals surface area contributed by atoms with Crippen molar-refractivity contribution < 1.29 is 14.3 Å². The number of carbonyl (C=O) groups is 2. The average molecular weight is 337 g/mol. The van der Waals surface area contributed by atoms with E-state index < -0.39 is 5.97 Å². The average Bonchev–Trinajstić information content (AvgIpc) is 2.51. The van der Waals surface area contributed by atoms with Crippen molar-refractivity contribution >= 4 is 11.8 Å². The SMILES string of the molecule is CCCCCCCCCCCCCC(=O)C1=C(C)C[C@H](C)OC1=O. The van der Waals surface area contributed by atoms with E-state index in [1.807, 2.05) is 13.8 Å². The predicted octanol–water partition coefficient (Wildman–Crippen LogP) is 5.91. The van der Waals surface area contributed by atoms with Gasteiger partial charge in [-0.3, -0.25) is 4.79 Å². The topological polar surface area (TPSA) is 43.4 Å². The van der Waals surface area contributed by atoms with Crippen LogP contribution in [0.15, 0.2) is 11.1 Å². The molecule has 138 valence electrons. The zero-order valence-corrected chi connectivity index (χ0v) is 16.0. The first-order chi connectivity index (χ1) is 11.6. The maximum Gasteiger partial charge on any atom is 0.341 e. The molecule has 1 heterocycles. The lowest BCUT2D eigenvalue weighted by Gasteiger charge is -2.22. The molecule has 1 rings (SSSR count). The second-order valence-corrected chi connectivity index (χ2v) is 7.28. The lowest BCUT2D eigenvalue weighted by Crippen LogP contribution is -2.27.